The number of ether oxygens (including phenoxy) is 5. The van der Waals surface area contributed by atoms with E-state index in [1.165, 1.54) is 37.9 Å². The lowest BCUT2D eigenvalue weighted by atomic mass is 9.82. The van der Waals surface area contributed by atoms with E-state index in [1.807, 2.05) is 13.8 Å². The van der Waals surface area contributed by atoms with Gasteiger partial charge in [0.1, 0.15) is 34.9 Å². The lowest BCUT2D eigenvalue weighted by Gasteiger charge is -2.42. The lowest BCUT2D eigenvalue weighted by molar-refractivity contribution is -0.241. The zero-order chi connectivity index (χ0) is 36.9. The summed E-state index contributed by atoms with van der Waals surface area (Å²) in [5, 5.41) is 2.70. The average molecular weight is 775 g/mol. The highest BCUT2D eigenvalue weighted by atomic mass is 79.9. The van der Waals surface area contributed by atoms with Crippen LogP contribution < -0.4 is 10.1 Å². The van der Waals surface area contributed by atoms with Crippen LogP contribution in [0.1, 0.15) is 39.7 Å². The Kier molecular flexibility index (Phi) is 16.5. The van der Waals surface area contributed by atoms with E-state index in [-0.39, 0.29) is 85.5 Å². The lowest BCUT2D eigenvalue weighted by Crippen LogP contribution is -2.55. The highest BCUT2D eigenvalue weighted by Gasteiger charge is 2.46. The fourth-order valence-electron chi connectivity index (χ4n) is 4.76. The maximum absolute atomic E-state index is 13.1. The van der Waals surface area contributed by atoms with Gasteiger partial charge in [0.25, 0.3) is 0 Å². The van der Waals surface area contributed by atoms with Gasteiger partial charge in [-0.05, 0) is 30.5 Å². The summed E-state index contributed by atoms with van der Waals surface area (Å²) in [5.41, 5.74) is 0.538. The minimum Gasteiger partial charge on any atom is -0.459 e. The Morgan fingerprint density at radius 3 is 2.41 bits per heavy atom. The van der Waals surface area contributed by atoms with E-state index in [4.69, 9.17) is 30.1 Å². The van der Waals surface area contributed by atoms with Crippen molar-refractivity contribution in [1.29, 1.82) is 0 Å². The molecule has 1 aromatic carbocycles. The van der Waals surface area contributed by atoms with Gasteiger partial charge in [-0.15, -0.1) is 6.42 Å². The van der Waals surface area contributed by atoms with E-state index >= 15 is 0 Å². The van der Waals surface area contributed by atoms with Crippen LogP contribution >= 0.6 is 15.9 Å². The third-order valence-corrected chi connectivity index (χ3v) is 9.12. The van der Waals surface area contributed by atoms with Crippen LogP contribution in [0.4, 0.5) is 10.5 Å². The number of nitrogens with one attached hydrogen (secondary N) is 1. The quantitative estimate of drug-likeness (QED) is 0.0803. The summed E-state index contributed by atoms with van der Waals surface area (Å²) in [6, 6.07) is 4.50. The minimum atomic E-state index is -3.33. The first-order valence-corrected chi connectivity index (χ1v) is 18.5. The second kappa shape index (κ2) is 19.5. The predicted octanol–water partition coefficient (Wildman–Crippen LogP) is 2.36. The molecule has 0 spiro atoms. The van der Waals surface area contributed by atoms with Crippen LogP contribution in [0.5, 0.6) is 5.75 Å². The van der Waals surface area contributed by atoms with Crippen molar-refractivity contribution < 1.29 is 56.1 Å². The molecule has 15 nitrogen and oxygen atoms in total. The number of sulfone groups is 1. The van der Waals surface area contributed by atoms with Gasteiger partial charge in [0.15, 0.2) is 11.9 Å². The zero-order valence-electron chi connectivity index (χ0n) is 28.4. The molecule has 0 radical (unpaired) electrons. The fraction of sp³-hybridized carbons (Fsp3) is 0.594. The van der Waals surface area contributed by atoms with Gasteiger partial charge in [0.05, 0.1) is 36.5 Å². The standard InChI is InChI=1S/C32H44BrN3O12S/c1-8-13-44-14-11-28(40)35(6)17-27(39)34-25-16-24(18-45-32(41)36(19-33)12-15-49(7,42)43)9-10-26(25)47-31-30(46-23(5)38)21(3)20(2)29(48-31)22(4)37/h1,9-10,16,20-21,29-31H,11-15,17-19H2,2-7H3,(H,34,39)/t20-,21-,29?,30?,31+/m0/s1. The van der Waals surface area contributed by atoms with Crippen molar-refractivity contribution in [3.8, 4) is 18.1 Å². The maximum Gasteiger partial charge on any atom is 0.410 e. The van der Waals surface area contributed by atoms with Gasteiger partial charge in [-0.25, -0.2) is 13.2 Å². The number of esters is 1. The Labute approximate surface area is 295 Å². The Bertz CT molecular complexity index is 1500. The molecule has 1 aliphatic heterocycles. The summed E-state index contributed by atoms with van der Waals surface area (Å²) in [6.07, 6.45) is 2.42. The molecule has 17 heteroatoms. The van der Waals surface area contributed by atoms with Gasteiger partial charge in [0.2, 0.25) is 18.1 Å². The number of Topliss-reactive ketones (excluding diaryl/α,β-unsaturated/α-hetero) is 1. The molecule has 1 saturated heterocycles. The van der Waals surface area contributed by atoms with Gasteiger partial charge in [0, 0.05) is 32.7 Å². The minimum absolute atomic E-state index is 0.000750. The van der Waals surface area contributed by atoms with E-state index in [9.17, 15) is 32.4 Å². The molecule has 1 fully saturated rings. The van der Waals surface area contributed by atoms with Crippen LogP contribution in [0, 0.1) is 24.2 Å². The molecule has 5 atom stereocenters. The molecule has 1 aliphatic rings. The van der Waals surface area contributed by atoms with Gasteiger partial charge in [-0.3, -0.25) is 24.1 Å². The fourth-order valence-corrected chi connectivity index (χ4v) is 5.77. The zero-order valence-corrected chi connectivity index (χ0v) is 30.8. The Morgan fingerprint density at radius 1 is 1.12 bits per heavy atom. The molecular weight excluding hydrogens is 730 g/mol. The Balaban J connectivity index is 2.35. The summed E-state index contributed by atoms with van der Waals surface area (Å²) in [7, 11) is -1.89. The van der Waals surface area contributed by atoms with Crippen LogP contribution in [-0.4, -0.2) is 117 Å². The van der Waals surface area contributed by atoms with E-state index in [0.29, 0.717) is 5.56 Å². The topological polar surface area (TPSA) is 184 Å². The van der Waals surface area contributed by atoms with Crippen molar-refractivity contribution in [2.45, 2.75) is 59.2 Å². The van der Waals surface area contributed by atoms with Crippen molar-refractivity contribution in [3.05, 3.63) is 23.8 Å². The van der Waals surface area contributed by atoms with Crippen LogP contribution in [-0.2, 0) is 54.6 Å². The number of carbonyl (C=O) groups is 5. The molecule has 1 heterocycles. The number of nitrogens with zero attached hydrogens (tertiary/aromatic N) is 2. The molecule has 2 unspecified atom stereocenters. The molecule has 0 saturated carbocycles. The van der Waals surface area contributed by atoms with Crippen molar-refractivity contribution >= 4 is 61.1 Å². The van der Waals surface area contributed by atoms with E-state index < -0.39 is 46.3 Å². The van der Waals surface area contributed by atoms with Crippen molar-refractivity contribution in [2.75, 3.05) is 56.1 Å². The summed E-state index contributed by atoms with van der Waals surface area (Å²) in [4.78, 5) is 65.1. The number of hydrogen-bond acceptors (Lipinski definition) is 12. The molecule has 1 aromatic rings. The number of carbonyl (C=O) groups excluding carboxylic acids is 5. The second-order valence-electron chi connectivity index (χ2n) is 11.6. The molecular formula is C32H44BrN3O12S. The predicted molar refractivity (Wildman–Crippen MR) is 181 cm³/mol. The molecule has 0 bridgehead atoms. The molecule has 49 heavy (non-hydrogen) atoms. The van der Waals surface area contributed by atoms with Gasteiger partial charge in [-0.1, -0.05) is 41.8 Å². The summed E-state index contributed by atoms with van der Waals surface area (Å²) < 4.78 is 51.3. The van der Waals surface area contributed by atoms with E-state index in [2.05, 4.69) is 27.2 Å². The molecule has 0 aromatic heterocycles. The number of anilines is 1. The number of likely N-dealkylation sites (N-methyl/N-ethyl adjacent to an activating group) is 1. The third-order valence-electron chi connectivity index (χ3n) is 7.59. The Hall–Kier alpha value is -3.72. The van der Waals surface area contributed by atoms with Crippen LogP contribution in [0.25, 0.3) is 0 Å². The van der Waals surface area contributed by atoms with Crippen molar-refractivity contribution in [2.24, 2.45) is 11.8 Å². The molecule has 0 aliphatic carbocycles. The normalized spacial score (nSPS) is 20.3. The molecule has 272 valence electrons. The largest absolute Gasteiger partial charge is 0.459 e. The number of benzene rings is 1. The highest BCUT2D eigenvalue weighted by molar-refractivity contribution is 9.09. The number of rotatable bonds is 17. The van der Waals surface area contributed by atoms with Crippen molar-refractivity contribution in [3.63, 3.8) is 0 Å². The number of terminal acetylenes is 1. The van der Waals surface area contributed by atoms with E-state index in [0.717, 1.165) is 11.2 Å². The number of ketones is 1. The summed E-state index contributed by atoms with van der Waals surface area (Å²) >= 11 is 3.16. The van der Waals surface area contributed by atoms with Gasteiger partial charge < -0.3 is 33.9 Å². The number of halogens is 1. The smallest absolute Gasteiger partial charge is 0.410 e. The number of hydrogen-bond donors (Lipinski definition) is 1. The molecule has 2 rings (SSSR count). The highest BCUT2D eigenvalue weighted by Crippen LogP contribution is 2.36. The first-order chi connectivity index (χ1) is 23.0. The SMILES string of the molecule is C#CCOCCC(=O)N(C)CC(=O)Nc1cc(COC(=O)N(CBr)CCS(C)(=O)=O)ccc1O[C@@H]1OC(C(C)=O)[C@@H](C)[C@H](C)C1OC(C)=O. The van der Waals surface area contributed by atoms with Crippen LogP contribution in [0.15, 0.2) is 18.2 Å². The van der Waals surface area contributed by atoms with Crippen LogP contribution in [0.3, 0.4) is 0 Å². The van der Waals surface area contributed by atoms with Gasteiger partial charge in [-0.2, -0.15) is 0 Å². The Morgan fingerprint density at radius 2 is 1.82 bits per heavy atom. The molecule has 3 amide bonds. The summed E-state index contributed by atoms with van der Waals surface area (Å²) in [5.74, 6) is -0.339. The van der Waals surface area contributed by atoms with E-state index in [1.54, 1.807) is 6.07 Å². The maximum atomic E-state index is 13.1. The molecule has 1 N–H and O–H groups in total. The first-order valence-electron chi connectivity index (χ1n) is 15.3. The first kappa shape index (κ1) is 41.5. The van der Waals surface area contributed by atoms with Crippen molar-refractivity contribution in [1.82, 2.24) is 9.80 Å². The van der Waals surface area contributed by atoms with Crippen LogP contribution in [0.2, 0.25) is 0 Å². The number of amides is 3. The third kappa shape index (κ3) is 13.6. The summed E-state index contributed by atoms with van der Waals surface area (Å²) in [6.45, 7) is 5.67. The number of alkyl halides is 1. The second-order valence-corrected chi connectivity index (χ2v) is 14.4. The van der Waals surface area contributed by atoms with Gasteiger partial charge >= 0.3 is 12.1 Å². The average Bonchev–Trinajstić information content (AvgIpc) is 3.01. The monoisotopic (exact) mass is 773 g/mol.